The van der Waals surface area contributed by atoms with Gasteiger partial charge in [-0.2, -0.15) is 0 Å². The number of halogens is 1. The molecule has 0 saturated carbocycles. The summed E-state index contributed by atoms with van der Waals surface area (Å²) in [5, 5.41) is 5.99. The Kier molecular flexibility index (Phi) is 3.69. The molecule has 2 aromatic carbocycles. The van der Waals surface area contributed by atoms with Gasteiger partial charge < -0.3 is 16.4 Å². The number of carbonyl (C=O) groups excluding carboxylic acids is 1. The summed E-state index contributed by atoms with van der Waals surface area (Å²) in [7, 11) is 0. The van der Waals surface area contributed by atoms with E-state index in [9.17, 15) is 4.79 Å². The van der Waals surface area contributed by atoms with Crippen LogP contribution in [0.2, 0.25) is 5.02 Å². The van der Waals surface area contributed by atoms with Crippen molar-refractivity contribution >= 4 is 34.7 Å². The molecule has 5 heteroatoms. The van der Waals surface area contributed by atoms with Crippen LogP contribution in [0.25, 0.3) is 0 Å². The number of nitrogens with one attached hydrogen (secondary N) is 2. The molecule has 92 valence electrons. The summed E-state index contributed by atoms with van der Waals surface area (Å²) in [5.74, 6) is 0. The molecular weight excluding hydrogens is 250 g/mol. The molecule has 0 heterocycles. The Hall–Kier alpha value is -2.20. The van der Waals surface area contributed by atoms with Crippen LogP contribution in [0, 0.1) is 0 Å². The van der Waals surface area contributed by atoms with Crippen molar-refractivity contribution in [3.63, 3.8) is 0 Å². The Morgan fingerprint density at radius 2 is 1.67 bits per heavy atom. The highest BCUT2D eigenvalue weighted by Gasteiger charge is 2.02. The highest BCUT2D eigenvalue weighted by atomic mass is 35.5. The maximum Gasteiger partial charge on any atom is 0.323 e. The third kappa shape index (κ3) is 3.40. The third-order valence-electron chi connectivity index (χ3n) is 2.25. The molecule has 0 unspecified atom stereocenters. The number of hydrogen-bond donors (Lipinski definition) is 3. The number of nitrogen functional groups attached to an aromatic ring is 1. The van der Waals surface area contributed by atoms with Gasteiger partial charge in [0, 0.05) is 22.1 Å². The van der Waals surface area contributed by atoms with E-state index < -0.39 is 0 Å². The normalized spacial score (nSPS) is 9.83. The van der Waals surface area contributed by atoms with E-state index in [0.717, 1.165) is 0 Å². The lowest BCUT2D eigenvalue weighted by atomic mass is 10.3. The molecule has 0 radical (unpaired) electrons. The van der Waals surface area contributed by atoms with Crippen molar-refractivity contribution in [3.8, 4) is 0 Å². The van der Waals surface area contributed by atoms with Crippen molar-refractivity contribution in [1.29, 1.82) is 0 Å². The quantitative estimate of drug-likeness (QED) is 0.724. The van der Waals surface area contributed by atoms with Gasteiger partial charge in [-0.05, 0) is 42.5 Å². The fourth-order valence-electron chi connectivity index (χ4n) is 1.44. The first-order chi connectivity index (χ1) is 8.63. The molecule has 2 rings (SSSR count). The molecular formula is C13H12ClN3O. The minimum atomic E-state index is -0.331. The molecule has 0 aromatic heterocycles. The summed E-state index contributed by atoms with van der Waals surface area (Å²) >= 11 is 5.75. The van der Waals surface area contributed by atoms with Gasteiger partial charge in [0.2, 0.25) is 0 Å². The van der Waals surface area contributed by atoms with Crippen LogP contribution >= 0.6 is 11.6 Å². The number of amides is 2. The van der Waals surface area contributed by atoms with E-state index in [1.54, 1.807) is 48.5 Å². The molecule has 0 bridgehead atoms. The second-order valence-corrected chi connectivity index (χ2v) is 4.15. The second kappa shape index (κ2) is 5.42. The van der Waals surface area contributed by atoms with Gasteiger partial charge in [0.05, 0.1) is 0 Å². The van der Waals surface area contributed by atoms with Crippen molar-refractivity contribution in [2.45, 2.75) is 0 Å². The summed E-state index contributed by atoms with van der Waals surface area (Å²) in [6.07, 6.45) is 0. The van der Waals surface area contributed by atoms with Crippen LogP contribution < -0.4 is 16.4 Å². The van der Waals surface area contributed by atoms with Crippen LogP contribution in [-0.2, 0) is 0 Å². The SMILES string of the molecule is Nc1cccc(NC(=O)Nc2ccc(Cl)cc2)c1. The fourth-order valence-corrected chi connectivity index (χ4v) is 1.57. The molecule has 0 aliphatic rings. The van der Waals surface area contributed by atoms with E-state index in [4.69, 9.17) is 17.3 Å². The van der Waals surface area contributed by atoms with Crippen molar-refractivity contribution in [3.05, 3.63) is 53.6 Å². The Balaban J connectivity index is 1.98. The van der Waals surface area contributed by atoms with Crippen molar-refractivity contribution in [2.75, 3.05) is 16.4 Å². The number of rotatable bonds is 2. The van der Waals surface area contributed by atoms with Crippen LogP contribution in [0.1, 0.15) is 0 Å². The Labute approximate surface area is 110 Å². The zero-order valence-electron chi connectivity index (χ0n) is 9.48. The Morgan fingerprint density at radius 3 is 2.33 bits per heavy atom. The van der Waals surface area contributed by atoms with Gasteiger partial charge in [-0.3, -0.25) is 0 Å². The van der Waals surface area contributed by atoms with Gasteiger partial charge in [-0.25, -0.2) is 4.79 Å². The maximum absolute atomic E-state index is 11.7. The summed E-state index contributed by atoms with van der Waals surface area (Å²) in [5.41, 5.74) is 7.52. The number of benzene rings is 2. The van der Waals surface area contributed by atoms with Crippen LogP contribution in [-0.4, -0.2) is 6.03 Å². The number of nitrogens with two attached hydrogens (primary N) is 1. The van der Waals surface area contributed by atoms with Gasteiger partial charge in [-0.1, -0.05) is 17.7 Å². The van der Waals surface area contributed by atoms with E-state index in [-0.39, 0.29) is 6.03 Å². The predicted octanol–water partition coefficient (Wildman–Crippen LogP) is 3.57. The van der Waals surface area contributed by atoms with Crippen LogP contribution in [0.5, 0.6) is 0 Å². The fraction of sp³-hybridized carbons (Fsp3) is 0. The maximum atomic E-state index is 11.7. The largest absolute Gasteiger partial charge is 0.399 e. The number of hydrogen-bond acceptors (Lipinski definition) is 2. The Morgan fingerprint density at radius 1 is 1.00 bits per heavy atom. The van der Waals surface area contributed by atoms with Crippen molar-refractivity contribution in [2.24, 2.45) is 0 Å². The number of urea groups is 1. The summed E-state index contributed by atoms with van der Waals surface area (Å²) in [6, 6.07) is 13.5. The average molecular weight is 262 g/mol. The van der Waals surface area contributed by atoms with Crippen molar-refractivity contribution in [1.82, 2.24) is 0 Å². The van der Waals surface area contributed by atoms with Gasteiger partial charge in [0.1, 0.15) is 0 Å². The predicted molar refractivity (Wildman–Crippen MR) is 74.9 cm³/mol. The lowest BCUT2D eigenvalue weighted by Gasteiger charge is -2.08. The van der Waals surface area contributed by atoms with E-state index in [0.29, 0.717) is 22.1 Å². The third-order valence-corrected chi connectivity index (χ3v) is 2.50. The summed E-state index contributed by atoms with van der Waals surface area (Å²) in [4.78, 5) is 11.7. The van der Waals surface area contributed by atoms with Gasteiger partial charge in [0.25, 0.3) is 0 Å². The minimum absolute atomic E-state index is 0.331. The molecule has 4 N–H and O–H groups in total. The minimum Gasteiger partial charge on any atom is -0.399 e. The smallest absolute Gasteiger partial charge is 0.323 e. The number of anilines is 3. The second-order valence-electron chi connectivity index (χ2n) is 3.71. The molecule has 0 aliphatic heterocycles. The number of carbonyl (C=O) groups is 1. The zero-order chi connectivity index (χ0) is 13.0. The monoisotopic (exact) mass is 261 g/mol. The van der Waals surface area contributed by atoms with Gasteiger partial charge >= 0.3 is 6.03 Å². The summed E-state index contributed by atoms with van der Waals surface area (Å²) in [6.45, 7) is 0. The van der Waals surface area contributed by atoms with E-state index in [1.807, 2.05) is 0 Å². The first-order valence-electron chi connectivity index (χ1n) is 5.32. The van der Waals surface area contributed by atoms with Gasteiger partial charge in [-0.15, -0.1) is 0 Å². The molecule has 2 aromatic rings. The van der Waals surface area contributed by atoms with E-state index in [1.165, 1.54) is 0 Å². The lowest BCUT2D eigenvalue weighted by Crippen LogP contribution is -2.19. The molecule has 0 saturated heterocycles. The van der Waals surface area contributed by atoms with Crippen LogP contribution in [0.4, 0.5) is 21.9 Å². The Bertz CT molecular complexity index is 554. The highest BCUT2D eigenvalue weighted by molar-refractivity contribution is 6.30. The standard InChI is InChI=1S/C13H12ClN3O/c14-9-4-6-11(7-5-9)16-13(18)17-12-3-1-2-10(15)8-12/h1-8H,15H2,(H2,16,17,18). The van der Waals surface area contributed by atoms with Crippen LogP contribution in [0.3, 0.4) is 0 Å². The van der Waals surface area contributed by atoms with E-state index in [2.05, 4.69) is 10.6 Å². The highest BCUT2D eigenvalue weighted by Crippen LogP contribution is 2.15. The summed E-state index contributed by atoms with van der Waals surface area (Å²) < 4.78 is 0. The van der Waals surface area contributed by atoms with Gasteiger partial charge in [0.15, 0.2) is 0 Å². The molecule has 18 heavy (non-hydrogen) atoms. The first-order valence-corrected chi connectivity index (χ1v) is 5.70. The average Bonchev–Trinajstić information content (AvgIpc) is 2.32. The molecule has 4 nitrogen and oxygen atoms in total. The molecule has 0 atom stereocenters. The van der Waals surface area contributed by atoms with E-state index >= 15 is 0 Å². The zero-order valence-corrected chi connectivity index (χ0v) is 10.2. The van der Waals surface area contributed by atoms with Crippen LogP contribution in [0.15, 0.2) is 48.5 Å². The first kappa shape index (κ1) is 12.3. The molecule has 0 aliphatic carbocycles. The molecule has 2 amide bonds. The lowest BCUT2D eigenvalue weighted by molar-refractivity contribution is 0.262. The molecule has 0 spiro atoms. The van der Waals surface area contributed by atoms with Crippen molar-refractivity contribution < 1.29 is 4.79 Å². The topological polar surface area (TPSA) is 67.1 Å². The molecule has 0 fully saturated rings.